The summed E-state index contributed by atoms with van der Waals surface area (Å²) in [5, 5.41) is 40.3. The molecule has 10 aromatic rings. The minimum Gasteiger partial charge on any atom is -0.368 e. The molecule has 4 amide bonds. The SMILES string of the molecule is CC(=O)N1CCN(c2cc(C(F)(F)F)cc3[nH]ncc23)CC1.CC(=O)N1CCN(c2cc(Cl)cc3[nH]ncc23)CC1(C)C.CC1(C)CN(c2cc(Cl)cc3[nH]ncc23)CCN1S(C)(=O)=O.CN1CC2CN(c3cccc4[nH]ncc34)CCN2C1=O.CS(=O)(=O)N1CCN(c2cc(F)cc3[nH]ncc23)CC1. The highest BCUT2D eigenvalue weighted by atomic mass is 35.5. The van der Waals surface area contributed by atoms with E-state index in [4.69, 9.17) is 23.2 Å². The largest absolute Gasteiger partial charge is 0.416 e. The minimum absolute atomic E-state index is 0.0165. The molecule has 5 N–H and O–H groups in total. The molecule has 0 spiro atoms. The molecule has 1 unspecified atom stereocenters. The van der Waals surface area contributed by atoms with Crippen molar-refractivity contribution in [3.05, 3.63) is 119 Å². The van der Waals surface area contributed by atoms with Crippen LogP contribution in [-0.4, -0.2) is 268 Å². The molecule has 0 aliphatic carbocycles. The molecule has 0 saturated carbocycles. The number of urea groups is 1. The van der Waals surface area contributed by atoms with Gasteiger partial charge in [-0.25, -0.2) is 26.0 Å². The van der Waals surface area contributed by atoms with E-state index in [-0.39, 0.29) is 29.2 Å². The van der Waals surface area contributed by atoms with Crippen molar-refractivity contribution >= 4 is 144 Å². The number of nitrogens with one attached hydrogen (secondary N) is 5. The summed E-state index contributed by atoms with van der Waals surface area (Å²) in [5.41, 5.74) is 7.01. The Morgan fingerprint density at radius 1 is 0.505 bits per heavy atom. The molecule has 6 aliphatic rings. The number of aromatic nitrogens is 10. The molecule has 105 heavy (non-hydrogen) atoms. The van der Waals surface area contributed by atoms with Gasteiger partial charge in [0.15, 0.2) is 0 Å². The summed E-state index contributed by atoms with van der Waals surface area (Å²) >= 11 is 12.4. The molecule has 0 radical (unpaired) electrons. The maximum atomic E-state index is 13.6. The smallest absolute Gasteiger partial charge is 0.368 e. The van der Waals surface area contributed by atoms with Gasteiger partial charge in [0, 0.05) is 204 Å². The molecule has 5 aromatic heterocycles. The Morgan fingerprint density at radius 2 is 0.952 bits per heavy atom. The van der Waals surface area contributed by atoms with Crippen LogP contribution >= 0.6 is 23.2 Å². The summed E-state index contributed by atoms with van der Waals surface area (Å²) in [5.74, 6) is -0.223. The number of rotatable bonds is 7. The summed E-state index contributed by atoms with van der Waals surface area (Å²) in [6.07, 6.45) is 6.73. The summed E-state index contributed by atoms with van der Waals surface area (Å²) in [6, 6.07) is 19.4. The molecule has 36 heteroatoms. The summed E-state index contributed by atoms with van der Waals surface area (Å²) < 4.78 is 103. The number of amides is 4. The number of halogens is 6. The van der Waals surface area contributed by atoms with Crippen LogP contribution in [0.25, 0.3) is 54.5 Å². The maximum Gasteiger partial charge on any atom is 0.416 e. The van der Waals surface area contributed by atoms with Crippen LogP contribution in [0.15, 0.2) is 97.7 Å². The van der Waals surface area contributed by atoms with Crippen molar-refractivity contribution < 1.29 is 48.8 Å². The number of likely N-dealkylation sites (N-methyl/N-ethyl adjacent to an activating group) is 1. The second-order valence-electron chi connectivity index (χ2n) is 28.3. The van der Waals surface area contributed by atoms with Gasteiger partial charge in [0.1, 0.15) is 5.82 Å². The number of anilines is 5. The van der Waals surface area contributed by atoms with E-state index < -0.39 is 37.3 Å². The third-order valence-electron chi connectivity index (χ3n) is 20.0. The van der Waals surface area contributed by atoms with Crippen LogP contribution in [0.5, 0.6) is 0 Å². The Labute approximate surface area is 614 Å². The Bertz CT molecular complexity index is 5070. The van der Waals surface area contributed by atoms with Gasteiger partial charge in [-0.15, -0.1) is 0 Å². The number of aromatic amines is 5. The fraction of sp³-hybridized carbons (Fsp3) is 0.449. The molecule has 5 aromatic carbocycles. The number of fused-ring (bicyclic) bond motifs is 6. The number of hydrogen-bond acceptors (Lipinski definition) is 17. The zero-order valence-electron chi connectivity index (χ0n) is 59.6. The highest BCUT2D eigenvalue weighted by Gasteiger charge is 2.42. The first kappa shape index (κ1) is 75.5. The predicted molar refractivity (Wildman–Crippen MR) is 401 cm³/mol. The van der Waals surface area contributed by atoms with Gasteiger partial charge < -0.3 is 44.1 Å². The lowest BCUT2D eigenvalue weighted by Gasteiger charge is -2.47. The van der Waals surface area contributed by atoms with Crippen LogP contribution in [0.4, 0.5) is 50.8 Å². The van der Waals surface area contributed by atoms with Gasteiger partial charge >= 0.3 is 12.2 Å². The summed E-state index contributed by atoms with van der Waals surface area (Å²) in [6.45, 7) is 22.4. The van der Waals surface area contributed by atoms with Crippen LogP contribution in [-0.2, 0) is 35.8 Å². The molecule has 0 bridgehead atoms. The molecule has 28 nitrogen and oxygen atoms in total. The van der Waals surface area contributed by atoms with Gasteiger partial charge in [0.05, 0.1) is 93.9 Å². The average Bonchev–Trinajstić information content (AvgIpc) is 1.73. The summed E-state index contributed by atoms with van der Waals surface area (Å²) in [7, 11) is -4.50. The molecule has 6 aliphatic heterocycles. The molecule has 562 valence electrons. The van der Waals surface area contributed by atoms with E-state index in [0.29, 0.717) is 117 Å². The number of benzene rings is 5. The van der Waals surface area contributed by atoms with Gasteiger partial charge in [-0.3, -0.25) is 35.1 Å². The van der Waals surface area contributed by atoms with Crippen molar-refractivity contribution in [1.82, 2.24) is 79.2 Å². The first-order valence-corrected chi connectivity index (χ1v) is 38.6. The molecule has 11 heterocycles. The lowest BCUT2D eigenvalue weighted by atomic mass is 9.97. The van der Waals surface area contributed by atoms with Crippen molar-refractivity contribution in [2.24, 2.45) is 0 Å². The molecule has 6 fully saturated rings. The topological polar surface area (TPSA) is 299 Å². The van der Waals surface area contributed by atoms with E-state index in [1.54, 1.807) is 28.5 Å². The Hall–Kier alpha value is -9.22. The predicted octanol–water partition coefficient (Wildman–Crippen LogP) is 8.89. The minimum atomic E-state index is -4.41. The van der Waals surface area contributed by atoms with E-state index in [1.165, 1.54) is 47.8 Å². The number of nitrogens with zero attached hydrogens (tertiary/aromatic N) is 16. The van der Waals surface area contributed by atoms with E-state index in [0.717, 1.165) is 107 Å². The number of carbonyl (C=O) groups excluding carboxylic acids is 3. The normalized spacial score (nSPS) is 18.9. The molecular weight excluding hydrogens is 1450 g/mol. The van der Waals surface area contributed by atoms with Crippen molar-refractivity contribution in [3.63, 3.8) is 0 Å². The Balaban J connectivity index is 0.000000123. The molecule has 16 rings (SSSR count). The van der Waals surface area contributed by atoms with E-state index in [9.17, 15) is 48.8 Å². The maximum absolute atomic E-state index is 13.6. The number of H-pyrrole nitrogens is 5. The van der Waals surface area contributed by atoms with Gasteiger partial charge in [0.25, 0.3) is 0 Å². The summed E-state index contributed by atoms with van der Waals surface area (Å²) in [4.78, 5) is 53.2. The first-order chi connectivity index (χ1) is 49.6. The van der Waals surface area contributed by atoms with Crippen molar-refractivity contribution in [3.8, 4) is 0 Å². The standard InChI is InChI=1S/C15H19ClN4O.C14H19ClN4O2S.C14H15F3N4O.C14H17N5O.C12H15FN4O2S/c1-10(21)20-5-4-19(9-15(20,2)3)14-7-11(16)6-13-12(14)8-17-18-13;1-14(2)9-18(4-5-19(14)22(3,20)21)13-7-10(15)6-12-11(13)8-16-17-12;1-9(22)20-2-4-21(5-3-20)13-7-10(14(15,16)17)6-12-11(13)8-18-19-12;1-17-8-10-9-18(5-6-19(10)14(17)20)13-4-2-3-12-11(13)7-15-16-12;1-20(18,19)17-4-2-16(3-5-17)12-7-9(13)6-11-10(12)8-14-15-11/h6-8H,4-5,9H2,1-3H3,(H,17,18);6-8H,4-5,9H2,1-3H3,(H,16,17);6-8H,2-5H2,1H3,(H,18,19);2-4,7,10H,5-6,8-9H2,1H3,(H,15,16);6-8H,2-5H2,1H3,(H,14,15). The number of piperazine rings is 5. The number of sulfonamides is 2. The van der Waals surface area contributed by atoms with Crippen molar-refractivity contribution in [2.75, 3.05) is 162 Å². The lowest BCUT2D eigenvalue weighted by molar-refractivity contribution is -0.137. The van der Waals surface area contributed by atoms with Crippen LogP contribution in [0.1, 0.15) is 47.1 Å². The van der Waals surface area contributed by atoms with Crippen molar-refractivity contribution in [2.45, 2.75) is 64.8 Å². The van der Waals surface area contributed by atoms with Gasteiger partial charge in [-0.05, 0) is 88.4 Å². The molecular formula is C69H85Cl2F4N21O7S2. The van der Waals surface area contributed by atoms with Crippen LogP contribution in [0, 0.1) is 5.82 Å². The zero-order valence-corrected chi connectivity index (χ0v) is 62.8. The third-order valence-corrected chi connectivity index (χ3v) is 23.2. The highest BCUT2D eigenvalue weighted by Crippen LogP contribution is 2.39. The monoisotopic (exact) mass is 1530 g/mol. The highest BCUT2D eigenvalue weighted by molar-refractivity contribution is 7.88. The molecule has 1 atom stereocenters. The number of alkyl halides is 3. The average molecular weight is 1530 g/mol. The first-order valence-electron chi connectivity index (χ1n) is 34.2. The second kappa shape index (κ2) is 30.0. The van der Waals surface area contributed by atoms with Gasteiger partial charge in [-0.2, -0.15) is 47.3 Å². The van der Waals surface area contributed by atoms with Crippen LogP contribution < -0.4 is 24.5 Å². The fourth-order valence-electron chi connectivity index (χ4n) is 15.0. The number of hydrogen-bond donors (Lipinski definition) is 5. The van der Waals surface area contributed by atoms with Crippen LogP contribution in [0.2, 0.25) is 10.0 Å². The van der Waals surface area contributed by atoms with Gasteiger partial charge in [-0.1, -0.05) is 29.3 Å². The van der Waals surface area contributed by atoms with E-state index in [1.807, 2.05) is 94.2 Å². The Morgan fingerprint density at radius 3 is 1.44 bits per heavy atom. The van der Waals surface area contributed by atoms with E-state index >= 15 is 0 Å². The van der Waals surface area contributed by atoms with Gasteiger partial charge in [0.2, 0.25) is 31.9 Å². The lowest BCUT2D eigenvalue weighted by Crippen LogP contribution is -2.60. The zero-order chi connectivity index (χ0) is 75.2. The molecule has 6 saturated heterocycles. The van der Waals surface area contributed by atoms with Crippen molar-refractivity contribution in [1.29, 1.82) is 0 Å². The third kappa shape index (κ3) is 16.6. The Kier molecular flexibility index (Phi) is 21.5. The quantitative estimate of drug-likeness (QED) is 0.0930. The van der Waals surface area contributed by atoms with Crippen LogP contribution in [0.3, 0.4) is 0 Å². The second-order valence-corrected chi connectivity index (χ2v) is 33.0. The fourth-order valence-corrected chi connectivity index (χ4v) is 17.6. The number of carbonyl (C=O) groups is 3. The van der Waals surface area contributed by atoms with E-state index in [2.05, 4.69) is 85.6 Å².